The molecule has 0 spiro atoms. The zero-order valence-electron chi connectivity index (χ0n) is 9.90. The minimum Gasteiger partial charge on any atom is -0.494 e. The Kier molecular flexibility index (Phi) is 6.69. The molecule has 0 fully saturated rings. The van der Waals surface area contributed by atoms with Crippen LogP contribution in [0.2, 0.25) is 0 Å². The van der Waals surface area contributed by atoms with Crippen molar-refractivity contribution in [1.82, 2.24) is 4.90 Å². The molecule has 0 radical (unpaired) electrons. The van der Waals surface area contributed by atoms with Gasteiger partial charge in [0.05, 0.1) is 12.8 Å². The van der Waals surface area contributed by atoms with E-state index in [-0.39, 0.29) is 12.4 Å². The maximum atomic E-state index is 5.69. The Bertz CT molecular complexity index is 319. The molecule has 0 aliphatic rings. The molecule has 0 aliphatic carbocycles. The average molecular weight is 247 g/mol. The van der Waals surface area contributed by atoms with Gasteiger partial charge in [-0.05, 0) is 26.2 Å². The van der Waals surface area contributed by atoms with Gasteiger partial charge in [0, 0.05) is 12.6 Å². The number of hydrogen-bond acceptors (Lipinski definition) is 4. The van der Waals surface area contributed by atoms with Gasteiger partial charge in [-0.3, -0.25) is 0 Å². The summed E-state index contributed by atoms with van der Waals surface area (Å²) in [5, 5.41) is 0. The van der Waals surface area contributed by atoms with Gasteiger partial charge in [-0.2, -0.15) is 0 Å². The van der Waals surface area contributed by atoms with E-state index in [9.17, 15) is 0 Å². The summed E-state index contributed by atoms with van der Waals surface area (Å²) in [6.45, 7) is 1.53. The van der Waals surface area contributed by atoms with E-state index in [1.165, 1.54) is 0 Å². The van der Waals surface area contributed by atoms with E-state index in [0.717, 1.165) is 12.3 Å². The van der Waals surface area contributed by atoms with E-state index in [0.29, 0.717) is 18.0 Å². The number of benzene rings is 1. The summed E-state index contributed by atoms with van der Waals surface area (Å²) in [7, 11) is 5.61. The van der Waals surface area contributed by atoms with Crippen LogP contribution in [0.5, 0.6) is 11.5 Å². The molecule has 5 heteroatoms. The molecule has 4 nitrogen and oxygen atoms in total. The Labute approximate surface area is 103 Å². The maximum absolute atomic E-state index is 5.69. The molecule has 92 valence electrons. The predicted octanol–water partition coefficient (Wildman–Crippen LogP) is 1.64. The summed E-state index contributed by atoms with van der Waals surface area (Å²) in [6.07, 6.45) is 0. The lowest BCUT2D eigenvalue weighted by atomic mass is 10.3. The Morgan fingerprint density at radius 2 is 2.00 bits per heavy atom. The monoisotopic (exact) mass is 246 g/mol. The second kappa shape index (κ2) is 7.19. The van der Waals surface area contributed by atoms with Crippen LogP contribution in [0.1, 0.15) is 0 Å². The summed E-state index contributed by atoms with van der Waals surface area (Å²) in [6, 6.07) is 5.42. The van der Waals surface area contributed by atoms with Crippen molar-refractivity contribution >= 4 is 18.1 Å². The van der Waals surface area contributed by atoms with Gasteiger partial charge in [0.2, 0.25) is 0 Å². The quantitative estimate of drug-likeness (QED) is 0.803. The fourth-order valence-corrected chi connectivity index (χ4v) is 1.13. The summed E-state index contributed by atoms with van der Waals surface area (Å²) >= 11 is 0. The summed E-state index contributed by atoms with van der Waals surface area (Å²) < 4.78 is 10.6. The van der Waals surface area contributed by atoms with Gasteiger partial charge in [-0.1, -0.05) is 0 Å². The number of nitrogens with zero attached hydrogens (tertiary/aromatic N) is 1. The molecule has 2 N–H and O–H groups in total. The van der Waals surface area contributed by atoms with Crippen molar-refractivity contribution in [2.24, 2.45) is 0 Å². The molecule has 0 saturated heterocycles. The number of hydrogen-bond donors (Lipinski definition) is 1. The fraction of sp³-hybridized carbons (Fsp3) is 0.455. The molecular weight excluding hydrogens is 228 g/mol. The van der Waals surface area contributed by atoms with Crippen molar-refractivity contribution < 1.29 is 9.47 Å². The Balaban J connectivity index is 0.00000225. The van der Waals surface area contributed by atoms with E-state index in [4.69, 9.17) is 15.2 Å². The molecule has 0 atom stereocenters. The average Bonchev–Trinajstić information content (AvgIpc) is 2.20. The lowest BCUT2D eigenvalue weighted by molar-refractivity contribution is 0.260. The van der Waals surface area contributed by atoms with Gasteiger partial charge >= 0.3 is 0 Å². The third-order valence-corrected chi connectivity index (χ3v) is 2.01. The van der Waals surface area contributed by atoms with Crippen LogP contribution in [0, 0.1) is 0 Å². The van der Waals surface area contributed by atoms with Gasteiger partial charge in [0.15, 0.2) is 0 Å². The Morgan fingerprint density at radius 3 is 2.56 bits per heavy atom. The highest BCUT2D eigenvalue weighted by Gasteiger charge is 2.01. The molecule has 0 amide bonds. The Morgan fingerprint density at radius 1 is 1.31 bits per heavy atom. The number of nitrogen functional groups attached to an aromatic ring is 1. The number of halogens is 1. The van der Waals surface area contributed by atoms with Crippen LogP contribution in [-0.4, -0.2) is 39.3 Å². The Hall–Kier alpha value is -1.13. The van der Waals surface area contributed by atoms with Gasteiger partial charge < -0.3 is 20.1 Å². The normalized spacial score (nSPS) is 9.75. The number of ether oxygens (including phenoxy) is 2. The second-order valence-electron chi connectivity index (χ2n) is 3.56. The van der Waals surface area contributed by atoms with E-state index >= 15 is 0 Å². The number of methoxy groups -OCH3 is 1. The molecule has 0 unspecified atom stereocenters. The predicted molar refractivity (Wildman–Crippen MR) is 68.7 cm³/mol. The van der Waals surface area contributed by atoms with Gasteiger partial charge in [0.25, 0.3) is 0 Å². The van der Waals surface area contributed by atoms with Gasteiger partial charge in [-0.15, -0.1) is 12.4 Å². The largest absolute Gasteiger partial charge is 0.494 e. The third-order valence-electron chi connectivity index (χ3n) is 2.01. The standard InChI is InChI=1S/C11H18N2O2.ClH/c1-13(2)6-7-15-9-4-5-10(12)11(8-9)14-3;/h4-5,8H,6-7,12H2,1-3H3;1H. The van der Waals surface area contributed by atoms with Crippen LogP contribution < -0.4 is 15.2 Å². The van der Waals surface area contributed by atoms with Crippen molar-refractivity contribution in [3.8, 4) is 11.5 Å². The maximum Gasteiger partial charge on any atom is 0.145 e. The molecular formula is C11H19ClN2O2. The molecule has 1 aromatic rings. The van der Waals surface area contributed by atoms with Crippen molar-refractivity contribution in [2.75, 3.05) is 40.1 Å². The molecule has 1 aromatic carbocycles. The van der Waals surface area contributed by atoms with Gasteiger partial charge in [-0.25, -0.2) is 0 Å². The molecule has 1 rings (SSSR count). The first-order chi connectivity index (χ1) is 7.13. The topological polar surface area (TPSA) is 47.7 Å². The molecule has 0 saturated carbocycles. The fourth-order valence-electron chi connectivity index (χ4n) is 1.13. The third kappa shape index (κ3) is 4.59. The zero-order chi connectivity index (χ0) is 11.3. The first kappa shape index (κ1) is 14.9. The van der Waals surface area contributed by atoms with E-state index in [1.807, 2.05) is 20.2 Å². The lowest BCUT2D eigenvalue weighted by Crippen LogP contribution is -2.19. The van der Waals surface area contributed by atoms with Crippen LogP contribution in [0.3, 0.4) is 0 Å². The van der Waals surface area contributed by atoms with Crippen molar-refractivity contribution in [3.63, 3.8) is 0 Å². The molecule has 0 aromatic heterocycles. The highest BCUT2D eigenvalue weighted by Crippen LogP contribution is 2.26. The smallest absolute Gasteiger partial charge is 0.145 e. The van der Waals surface area contributed by atoms with Crippen LogP contribution in [0.15, 0.2) is 18.2 Å². The van der Waals surface area contributed by atoms with E-state index < -0.39 is 0 Å². The number of likely N-dealkylation sites (N-methyl/N-ethyl adjacent to an activating group) is 1. The second-order valence-corrected chi connectivity index (χ2v) is 3.56. The van der Waals surface area contributed by atoms with Crippen molar-refractivity contribution in [1.29, 1.82) is 0 Å². The highest BCUT2D eigenvalue weighted by atomic mass is 35.5. The van der Waals surface area contributed by atoms with Crippen molar-refractivity contribution in [3.05, 3.63) is 18.2 Å². The molecule has 0 heterocycles. The van der Waals surface area contributed by atoms with Crippen molar-refractivity contribution in [2.45, 2.75) is 0 Å². The first-order valence-electron chi connectivity index (χ1n) is 4.84. The summed E-state index contributed by atoms with van der Waals surface area (Å²) in [5.41, 5.74) is 6.31. The minimum atomic E-state index is 0. The zero-order valence-corrected chi connectivity index (χ0v) is 10.7. The minimum absolute atomic E-state index is 0. The molecule has 16 heavy (non-hydrogen) atoms. The van der Waals surface area contributed by atoms with Crippen LogP contribution >= 0.6 is 12.4 Å². The number of rotatable bonds is 5. The number of nitrogens with two attached hydrogens (primary N) is 1. The summed E-state index contributed by atoms with van der Waals surface area (Å²) in [5.74, 6) is 1.43. The first-order valence-corrected chi connectivity index (χ1v) is 4.84. The number of anilines is 1. The van der Waals surface area contributed by atoms with Crippen LogP contribution in [0.25, 0.3) is 0 Å². The SMILES string of the molecule is COc1cc(OCCN(C)C)ccc1N.Cl. The lowest BCUT2D eigenvalue weighted by Gasteiger charge is -2.12. The van der Waals surface area contributed by atoms with Crippen LogP contribution in [-0.2, 0) is 0 Å². The molecule has 0 aliphatic heterocycles. The van der Waals surface area contributed by atoms with E-state index in [2.05, 4.69) is 4.90 Å². The highest BCUT2D eigenvalue weighted by molar-refractivity contribution is 5.85. The molecule has 0 bridgehead atoms. The van der Waals surface area contributed by atoms with E-state index in [1.54, 1.807) is 19.2 Å². The van der Waals surface area contributed by atoms with Gasteiger partial charge in [0.1, 0.15) is 18.1 Å². The summed E-state index contributed by atoms with van der Waals surface area (Å²) in [4.78, 5) is 2.06. The van der Waals surface area contributed by atoms with Crippen LogP contribution in [0.4, 0.5) is 5.69 Å².